The average Bonchev–Trinajstić information content (AvgIpc) is 3.08. The van der Waals surface area contributed by atoms with Gasteiger partial charge in [-0.15, -0.1) is 0 Å². The van der Waals surface area contributed by atoms with Gasteiger partial charge in [0.15, 0.2) is 0 Å². The Hall–Kier alpha value is -2.95. The van der Waals surface area contributed by atoms with Crippen LogP contribution in [0.2, 0.25) is 0 Å². The molecule has 1 aliphatic carbocycles. The fourth-order valence-electron chi connectivity index (χ4n) is 4.37. The number of carbonyl (C=O) groups is 1. The highest BCUT2D eigenvalue weighted by Gasteiger charge is 2.47. The molecule has 0 aliphatic heterocycles. The van der Waals surface area contributed by atoms with Gasteiger partial charge >= 0.3 is 5.97 Å². The molecule has 0 saturated carbocycles. The van der Waals surface area contributed by atoms with E-state index in [2.05, 4.69) is 41.7 Å². The van der Waals surface area contributed by atoms with Crippen LogP contribution in [0, 0.1) is 5.92 Å². The Morgan fingerprint density at radius 2 is 1.45 bits per heavy atom. The highest BCUT2D eigenvalue weighted by molar-refractivity contribution is 5.84. The standard InChI is InChI=1S/C25H25NO3/c1-17(16-27)23(24(28)29-2)26-25(18-10-4-3-5-11-18)21-14-8-6-12-19(21)20-13-7-9-15-22(20)25/h3-15,17,23,26-27H,16H2,1-2H3/t17-,23-/m0/s1. The van der Waals surface area contributed by atoms with Gasteiger partial charge in [-0.1, -0.05) is 85.8 Å². The molecule has 4 rings (SSSR count). The van der Waals surface area contributed by atoms with Gasteiger partial charge in [0.25, 0.3) is 0 Å². The summed E-state index contributed by atoms with van der Waals surface area (Å²) in [7, 11) is 1.38. The van der Waals surface area contributed by atoms with Crippen molar-refractivity contribution in [1.82, 2.24) is 5.32 Å². The van der Waals surface area contributed by atoms with Crippen molar-refractivity contribution >= 4 is 5.97 Å². The van der Waals surface area contributed by atoms with Crippen LogP contribution < -0.4 is 5.32 Å². The Kier molecular flexibility index (Phi) is 5.22. The number of carbonyl (C=O) groups excluding carboxylic acids is 1. The van der Waals surface area contributed by atoms with Gasteiger partial charge in [-0.25, -0.2) is 0 Å². The van der Waals surface area contributed by atoms with Gasteiger partial charge in [0.2, 0.25) is 0 Å². The molecule has 0 aromatic heterocycles. The third-order valence-electron chi connectivity index (χ3n) is 5.84. The van der Waals surface area contributed by atoms with Gasteiger partial charge in [-0.2, -0.15) is 0 Å². The van der Waals surface area contributed by atoms with Crippen molar-refractivity contribution in [2.75, 3.05) is 13.7 Å². The molecule has 4 nitrogen and oxygen atoms in total. The van der Waals surface area contributed by atoms with Crippen molar-refractivity contribution in [3.05, 3.63) is 95.6 Å². The molecular weight excluding hydrogens is 362 g/mol. The van der Waals surface area contributed by atoms with Crippen LogP contribution in [-0.2, 0) is 15.1 Å². The summed E-state index contributed by atoms with van der Waals surface area (Å²) in [6.45, 7) is 1.72. The normalized spacial score (nSPS) is 15.8. The fraction of sp³-hybridized carbons (Fsp3) is 0.240. The van der Waals surface area contributed by atoms with Gasteiger partial charge in [-0.05, 0) is 27.8 Å². The third-order valence-corrected chi connectivity index (χ3v) is 5.84. The molecule has 0 heterocycles. The number of nitrogens with one attached hydrogen (secondary N) is 1. The van der Waals surface area contributed by atoms with E-state index in [4.69, 9.17) is 4.74 Å². The molecule has 0 amide bonds. The van der Waals surface area contributed by atoms with E-state index in [0.717, 1.165) is 27.8 Å². The molecule has 2 atom stereocenters. The summed E-state index contributed by atoms with van der Waals surface area (Å²) in [6, 6.07) is 26.0. The molecule has 3 aromatic rings. The summed E-state index contributed by atoms with van der Waals surface area (Å²) >= 11 is 0. The van der Waals surface area contributed by atoms with Crippen molar-refractivity contribution in [3.8, 4) is 11.1 Å². The highest BCUT2D eigenvalue weighted by atomic mass is 16.5. The maximum absolute atomic E-state index is 12.7. The van der Waals surface area contributed by atoms with Gasteiger partial charge in [0, 0.05) is 12.5 Å². The zero-order chi connectivity index (χ0) is 20.4. The van der Waals surface area contributed by atoms with Crippen LogP contribution in [0.25, 0.3) is 11.1 Å². The van der Waals surface area contributed by atoms with E-state index in [9.17, 15) is 9.90 Å². The molecule has 0 saturated heterocycles. The molecule has 0 unspecified atom stereocenters. The second-order valence-electron chi connectivity index (χ2n) is 7.51. The van der Waals surface area contributed by atoms with Crippen molar-refractivity contribution in [3.63, 3.8) is 0 Å². The lowest BCUT2D eigenvalue weighted by molar-refractivity contribution is -0.145. The molecule has 3 aromatic carbocycles. The van der Waals surface area contributed by atoms with Crippen LogP contribution in [-0.4, -0.2) is 30.8 Å². The van der Waals surface area contributed by atoms with Crippen molar-refractivity contribution in [2.24, 2.45) is 5.92 Å². The number of fused-ring (bicyclic) bond motifs is 3. The zero-order valence-corrected chi connectivity index (χ0v) is 16.6. The van der Waals surface area contributed by atoms with Crippen molar-refractivity contribution in [1.29, 1.82) is 0 Å². The Bertz CT molecular complexity index is 970. The minimum atomic E-state index is -0.725. The van der Waals surface area contributed by atoms with E-state index >= 15 is 0 Å². The second kappa shape index (κ2) is 7.82. The largest absolute Gasteiger partial charge is 0.468 e. The lowest BCUT2D eigenvalue weighted by atomic mass is 9.79. The molecule has 2 N–H and O–H groups in total. The molecule has 0 bridgehead atoms. The molecule has 148 valence electrons. The summed E-state index contributed by atoms with van der Waals surface area (Å²) in [5.74, 6) is -0.702. The number of rotatable bonds is 6. The quantitative estimate of drug-likeness (QED) is 0.633. The highest BCUT2D eigenvalue weighted by Crippen LogP contribution is 2.51. The number of hydrogen-bond acceptors (Lipinski definition) is 4. The average molecular weight is 387 g/mol. The monoisotopic (exact) mass is 387 g/mol. The molecule has 0 fully saturated rings. The number of benzene rings is 3. The number of ether oxygens (including phenoxy) is 1. The Morgan fingerprint density at radius 1 is 0.931 bits per heavy atom. The number of hydrogen-bond donors (Lipinski definition) is 2. The van der Waals surface area contributed by atoms with Gasteiger partial charge < -0.3 is 9.84 Å². The van der Waals surface area contributed by atoms with E-state index < -0.39 is 11.6 Å². The Morgan fingerprint density at radius 3 is 1.97 bits per heavy atom. The van der Waals surface area contributed by atoms with Crippen LogP contribution in [0.15, 0.2) is 78.9 Å². The molecule has 0 radical (unpaired) electrons. The predicted octanol–water partition coefficient (Wildman–Crippen LogP) is 3.72. The lowest BCUT2D eigenvalue weighted by Gasteiger charge is -2.38. The Labute approximate surface area is 171 Å². The first-order valence-corrected chi connectivity index (χ1v) is 9.84. The van der Waals surface area contributed by atoms with E-state index in [0.29, 0.717) is 0 Å². The molecule has 4 heteroatoms. The van der Waals surface area contributed by atoms with Gasteiger partial charge in [-0.3, -0.25) is 10.1 Å². The molecule has 1 aliphatic rings. The summed E-state index contributed by atoms with van der Waals surface area (Å²) in [4.78, 5) is 12.7. The minimum Gasteiger partial charge on any atom is -0.468 e. The molecular formula is C25H25NO3. The minimum absolute atomic E-state index is 0.124. The van der Waals surface area contributed by atoms with Crippen LogP contribution in [0.4, 0.5) is 0 Å². The first kappa shape index (κ1) is 19.4. The van der Waals surface area contributed by atoms with Crippen molar-refractivity contribution < 1.29 is 14.6 Å². The van der Waals surface area contributed by atoms with Crippen LogP contribution in [0.3, 0.4) is 0 Å². The summed E-state index contributed by atoms with van der Waals surface area (Å²) in [5, 5.41) is 13.4. The van der Waals surface area contributed by atoms with Gasteiger partial charge in [0.05, 0.1) is 12.6 Å². The third kappa shape index (κ3) is 3.05. The van der Waals surface area contributed by atoms with Crippen LogP contribution >= 0.6 is 0 Å². The number of aliphatic hydroxyl groups excluding tert-OH is 1. The fourth-order valence-corrected chi connectivity index (χ4v) is 4.37. The lowest BCUT2D eigenvalue weighted by Crippen LogP contribution is -2.55. The Balaban J connectivity index is 2.00. The SMILES string of the molecule is COC(=O)[C@@H](NC1(c2ccccc2)c2ccccc2-c2ccccc21)[C@@H](C)CO. The van der Waals surface area contributed by atoms with Crippen LogP contribution in [0.1, 0.15) is 23.6 Å². The number of methoxy groups -OCH3 is 1. The summed E-state index contributed by atoms with van der Waals surface area (Å²) < 4.78 is 5.09. The van der Waals surface area contributed by atoms with Crippen LogP contribution in [0.5, 0.6) is 0 Å². The van der Waals surface area contributed by atoms with E-state index in [-0.39, 0.29) is 18.5 Å². The maximum Gasteiger partial charge on any atom is 0.323 e. The van der Waals surface area contributed by atoms with E-state index in [1.165, 1.54) is 7.11 Å². The van der Waals surface area contributed by atoms with Gasteiger partial charge in [0.1, 0.15) is 6.04 Å². The second-order valence-corrected chi connectivity index (χ2v) is 7.51. The first-order chi connectivity index (χ1) is 14.1. The van der Waals surface area contributed by atoms with E-state index in [1.54, 1.807) is 0 Å². The van der Waals surface area contributed by atoms with E-state index in [1.807, 2.05) is 49.4 Å². The maximum atomic E-state index is 12.7. The van der Waals surface area contributed by atoms with Crippen molar-refractivity contribution in [2.45, 2.75) is 18.5 Å². The molecule has 0 spiro atoms. The summed E-state index contributed by atoms with van der Waals surface area (Å²) in [6.07, 6.45) is 0. The predicted molar refractivity (Wildman–Crippen MR) is 113 cm³/mol. The number of aliphatic hydroxyl groups is 1. The first-order valence-electron chi connectivity index (χ1n) is 9.84. The molecule has 29 heavy (non-hydrogen) atoms. The topological polar surface area (TPSA) is 58.6 Å². The summed E-state index contributed by atoms with van der Waals surface area (Å²) in [5.41, 5.74) is 4.77. The zero-order valence-electron chi connectivity index (χ0n) is 16.6. The number of esters is 1. The smallest absolute Gasteiger partial charge is 0.323 e.